The molecule has 3 N–H and O–H groups in total. The van der Waals surface area contributed by atoms with Crippen LogP contribution < -0.4 is 15.8 Å². The lowest BCUT2D eigenvalue weighted by molar-refractivity contribution is -0.125. The number of methoxy groups -OCH3 is 1. The number of amides is 1. The van der Waals surface area contributed by atoms with Crippen molar-refractivity contribution in [3.63, 3.8) is 0 Å². The van der Waals surface area contributed by atoms with Crippen molar-refractivity contribution in [1.29, 1.82) is 0 Å². The molecule has 0 aliphatic carbocycles. The second-order valence-corrected chi connectivity index (χ2v) is 4.95. The largest absolute Gasteiger partial charge is 0.496 e. The first-order valence-electron chi connectivity index (χ1n) is 6.08. The normalized spacial score (nSPS) is 12.9. The first-order valence-corrected chi connectivity index (χ1v) is 6.08. The lowest BCUT2D eigenvalue weighted by atomic mass is 9.92. The van der Waals surface area contributed by atoms with E-state index >= 15 is 0 Å². The standard InChI is InChI=1S/C14H22N2O2/c1-10(9-15)13(17)16-14(2,3)11-7-5-6-8-12(11)18-4/h5-8,10H,9,15H2,1-4H3,(H,16,17). The zero-order valence-corrected chi connectivity index (χ0v) is 11.5. The zero-order valence-electron chi connectivity index (χ0n) is 11.5. The minimum Gasteiger partial charge on any atom is -0.496 e. The maximum absolute atomic E-state index is 11.9. The zero-order chi connectivity index (χ0) is 13.8. The molecule has 0 saturated heterocycles. The molecule has 0 aliphatic heterocycles. The Kier molecular flexibility index (Phi) is 4.73. The number of benzene rings is 1. The third-order valence-corrected chi connectivity index (χ3v) is 3.02. The third kappa shape index (κ3) is 3.23. The van der Waals surface area contributed by atoms with Crippen molar-refractivity contribution in [2.75, 3.05) is 13.7 Å². The maximum Gasteiger partial charge on any atom is 0.224 e. The number of carbonyl (C=O) groups excluding carboxylic acids is 1. The highest BCUT2D eigenvalue weighted by molar-refractivity contribution is 5.79. The molecular weight excluding hydrogens is 228 g/mol. The smallest absolute Gasteiger partial charge is 0.224 e. The van der Waals surface area contributed by atoms with Gasteiger partial charge in [0.1, 0.15) is 5.75 Å². The van der Waals surface area contributed by atoms with Crippen LogP contribution in [0.1, 0.15) is 26.3 Å². The van der Waals surface area contributed by atoms with Crippen molar-refractivity contribution in [3.8, 4) is 5.75 Å². The number of rotatable bonds is 5. The number of nitrogens with two attached hydrogens (primary N) is 1. The van der Waals surface area contributed by atoms with Crippen LogP contribution in [0.15, 0.2) is 24.3 Å². The topological polar surface area (TPSA) is 64.3 Å². The van der Waals surface area contributed by atoms with Crippen molar-refractivity contribution in [2.45, 2.75) is 26.3 Å². The summed E-state index contributed by atoms with van der Waals surface area (Å²) in [5.41, 5.74) is 5.96. The van der Waals surface area contributed by atoms with E-state index in [9.17, 15) is 4.79 Å². The van der Waals surface area contributed by atoms with E-state index in [1.54, 1.807) is 7.11 Å². The molecule has 4 nitrogen and oxygen atoms in total. The first kappa shape index (κ1) is 14.5. The molecule has 1 aromatic rings. The van der Waals surface area contributed by atoms with Gasteiger partial charge in [0.05, 0.1) is 12.6 Å². The van der Waals surface area contributed by atoms with Crippen LogP contribution in [0.25, 0.3) is 0 Å². The summed E-state index contributed by atoms with van der Waals surface area (Å²) < 4.78 is 5.32. The molecule has 1 aromatic carbocycles. The molecule has 0 bridgehead atoms. The number of carbonyl (C=O) groups is 1. The van der Waals surface area contributed by atoms with E-state index in [2.05, 4.69) is 5.32 Å². The monoisotopic (exact) mass is 250 g/mol. The number of hydrogen-bond acceptors (Lipinski definition) is 3. The Hall–Kier alpha value is -1.55. The van der Waals surface area contributed by atoms with Gasteiger partial charge in [-0.25, -0.2) is 0 Å². The summed E-state index contributed by atoms with van der Waals surface area (Å²) in [5, 5.41) is 3.00. The highest BCUT2D eigenvalue weighted by Gasteiger charge is 2.27. The predicted molar refractivity (Wildman–Crippen MR) is 72.4 cm³/mol. The fraction of sp³-hybridized carbons (Fsp3) is 0.500. The fourth-order valence-electron chi connectivity index (χ4n) is 1.77. The van der Waals surface area contributed by atoms with Gasteiger partial charge < -0.3 is 15.8 Å². The van der Waals surface area contributed by atoms with Crippen molar-refractivity contribution < 1.29 is 9.53 Å². The average molecular weight is 250 g/mol. The van der Waals surface area contributed by atoms with Crippen LogP contribution in [-0.4, -0.2) is 19.6 Å². The van der Waals surface area contributed by atoms with Crippen molar-refractivity contribution in [1.82, 2.24) is 5.32 Å². The van der Waals surface area contributed by atoms with Gasteiger partial charge in [0.2, 0.25) is 5.91 Å². The van der Waals surface area contributed by atoms with Crippen LogP contribution in [0.4, 0.5) is 0 Å². The number of nitrogens with one attached hydrogen (secondary N) is 1. The molecule has 4 heteroatoms. The highest BCUT2D eigenvalue weighted by atomic mass is 16.5. The van der Waals surface area contributed by atoms with E-state index in [1.165, 1.54) is 0 Å². The van der Waals surface area contributed by atoms with Gasteiger partial charge in [-0.15, -0.1) is 0 Å². The molecule has 18 heavy (non-hydrogen) atoms. The Morgan fingerprint density at radius 2 is 2.06 bits per heavy atom. The SMILES string of the molecule is COc1ccccc1C(C)(C)NC(=O)C(C)CN. The lowest BCUT2D eigenvalue weighted by Gasteiger charge is -2.29. The van der Waals surface area contributed by atoms with Gasteiger partial charge in [0.25, 0.3) is 0 Å². The third-order valence-electron chi connectivity index (χ3n) is 3.02. The summed E-state index contributed by atoms with van der Waals surface area (Å²) >= 11 is 0. The minimum atomic E-state index is -0.493. The molecule has 0 spiro atoms. The summed E-state index contributed by atoms with van der Waals surface area (Å²) in [7, 11) is 1.62. The molecule has 0 aliphatic rings. The molecular formula is C14H22N2O2. The van der Waals surface area contributed by atoms with Gasteiger partial charge in [-0.05, 0) is 19.9 Å². The first-order chi connectivity index (χ1) is 8.42. The summed E-state index contributed by atoms with van der Waals surface area (Å²) in [4.78, 5) is 11.9. The lowest BCUT2D eigenvalue weighted by Crippen LogP contribution is -2.45. The average Bonchev–Trinajstić information content (AvgIpc) is 2.37. The second-order valence-electron chi connectivity index (χ2n) is 4.95. The molecule has 1 rings (SSSR count). The van der Waals surface area contributed by atoms with E-state index in [-0.39, 0.29) is 11.8 Å². The Morgan fingerprint density at radius 1 is 1.44 bits per heavy atom. The van der Waals surface area contributed by atoms with Gasteiger partial charge in [-0.1, -0.05) is 25.1 Å². The van der Waals surface area contributed by atoms with Crippen LogP contribution in [0.2, 0.25) is 0 Å². The van der Waals surface area contributed by atoms with Crippen molar-refractivity contribution in [3.05, 3.63) is 29.8 Å². The second kappa shape index (κ2) is 5.87. The number of ether oxygens (including phenoxy) is 1. The Labute approximate surface area is 109 Å². The van der Waals surface area contributed by atoms with Crippen LogP contribution in [0.3, 0.4) is 0 Å². The van der Waals surface area contributed by atoms with Crippen molar-refractivity contribution in [2.24, 2.45) is 11.7 Å². The van der Waals surface area contributed by atoms with E-state index < -0.39 is 5.54 Å². The molecule has 100 valence electrons. The van der Waals surface area contributed by atoms with E-state index in [1.807, 2.05) is 45.0 Å². The van der Waals surface area contributed by atoms with Gasteiger partial charge in [-0.2, -0.15) is 0 Å². The molecule has 0 fully saturated rings. The molecule has 0 radical (unpaired) electrons. The summed E-state index contributed by atoms with van der Waals surface area (Å²) in [5.74, 6) is 0.524. The van der Waals surface area contributed by atoms with Crippen molar-refractivity contribution >= 4 is 5.91 Å². The molecule has 0 heterocycles. The number of hydrogen-bond donors (Lipinski definition) is 2. The molecule has 1 unspecified atom stereocenters. The Bertz CT molecular complexity index is 416. The molecule has 1 amide bonds. The quantitative estimate of drug-likeness (QED) is 0.835. The highest BCUT2D eigenvalue weighted by Crippen LogP contribution is 2.29. The molecule has 0 aromatic heterocycles. The predicted octanol–water partition coefficient (Wildman–Crippen LogP) is 1.64. The van der Waals surface area contributed by atoms with Gasteiger partial charge in [-0.3, -0.25) is 4.79 Å². The Morgan fingerprint density at radius 3 is 2.61 bits per heavy atom. The van der Waals surface area contributed by atoms with Gasteiger partial charge in [0.15, 0.2) is 0 Å². The maximum atomic E-state index is 11.9. The molecule has 0 saturated carbocycles. The summed E-state index contributed by atoms with van der Waals surface area (Å²) in [6, 6.07) is 7.67. The summed E-state index contributed by atoms with van der Waals surface area (Å²) in [6.45, 7) is 6.06. The van der Waals surface area contributed by atoms with Crippen LogP contribution >= 0.6 is 0 Å². The van der Waals surface area contributed by atoms with Gasteiger partial charge >= 0.3 is 0 Å². The van der Waals surface area contributed by atoms with Crippen LogP contribution in [0.5, 0.6) is 5.75 Å². The van der Waals surface area contributed by atoms with E-state index in [0.717, 1.165) is 11.3 Å². The summed E-state index contributed by atoms with van der Waals surface area (Å²) in [6.07, 6.45) is 0. The van der Waals surface area contributed by atoms with Crippen LogP contribution in [0, 0.1) is 5.92 Å². The van der Waals surface area contributed by atoms with E-state index in [4.69, 9.17) is 10.5 Å². The van der Waals surface area contributed by atoms with Gasteiger partial charge in [0, 0.05) is 18.0 Å². The Balaban J connectivity index is 2.95. The molecule has 1 atom stereocenters. The van der Waals surface area contributed by atoms with Crippen LogP contribution in [-0.2, 0) is 10.3 Å². The minimum absolute atomic E-state index is 0.0478. The number of para-hydroxylation sites is 1. The van der Waals surface area contributed by atoms with E-state index in [0.29, 0.717) is 6.54 Å². The fourth-order valence-corrected chi connectivity index (χ4v) is 1.77.